The lowest BCUT2D eigenvalue weighted by atomic mass is 10.0. The third-order valence-electron chi connectivity index (χ3n) is 4.56. The second kappa shape index (κ2) is 6.39. The van der Waals surface area contributed by atoms with Crippen molar-refractivity contribution in [1.82, 2.24) is 14.7 Å². The lowest BCUT2D eigenvalue weighted by Gasteiger charge is -2.18. The molecule has 3 heteroatoms. The number of benzene rings is 2. The van der Waals surface area contributed by atoms with E-state index in [-0.39, 0.29) is 0 Å². The van der Waals surface area contributed by atoms with Crippen LogP contribution >= 0.6 is 0 Å². The first-order valence-electron chi connectivity index (χ1n) is 8.27. The minimum Gasteiger partial charge on any atom is -0.297 e. The van der Waals surface area contributed by atoms with E-state index < -0.39 is 0 Å². The Bertz CT molecular complexity index is 749. The number of fused-ring (bicyclic) bond motifs is 1. The van der Waals surface area contributed by atoms with E-state index in [9.17, 15) is 0 Å². The Hall–Kier alpha value is -2.39. The van der Waals surface area contributed by atoms with Gasteiger partial charge in [0.05, 0.1) is 11.4 Å². The van der Waals surface area contributed by atoms with Gasteiger partial charge in [0.25, 0.3) is 0 Å². The molecule has 0 aliphatic carbocycles. The number of hydrogen-bond donors (Lipinski definition) is 0. The summed E-state index contributed by atoms with van der Waals surface area (Å²) in [5, 5.41) is 4.73. The van der Waals surface area contributed by atoms with Gasteiger partial charge in [-0.1, -0.05) is 42.5 Å². The molecule has 23 heavy (non-hydrogen) atoms. The number of hydrogen-bond acceptors (Lipinski definition) is 2. The van der Waals surface area contributed by atoms with Gasteiger partial charge in [0, 0.05) is 25.8 Å². The molecule has 1 aliphatic heterocycles. The summed E-state index contributed by atoms with van der Waals surface area (Å²) in [6.07, 6.45) is 4.32. The highest BCUT2D eigenvalue weighted by atomic mass is 15.3. The number of aromatic nitrogens is 2. The predicted octanol–water partition coefficient (Wildman–Crippen LogP) is 3.47. The molecule has 1 aliphatic rings. The average Bonchev–Trinajstić information content (AvgIpc) is 2.97. The van der Waals surface area contributed by atoms with Crippen molar-refractivity contribution in [3.05, 3.63) is 83.7 Å². The van der Waals surface area contributed by atoms with Crippen molar-refractivity contribution in [2.75, 3.05) is 13.1 Å². The first-order valence-corrected chi connectivity index (χ1v) is 8.27. The molecule has 0 saturated carbocycles. The van der Waals surface area contributed by atoms with E-state index in [1.165, 1.54) is 11.1 Å². The summed E-state index contributed by atoms with van der Waals surface area (Å²) >= 11 is 0. The van der Waals surface area contributed by atoms with Crippen LogP contribution in [0.25, 0.3) is 5.69 Å². The Morgan fingerprint density at radius 2 is 1.43 bits per heavy atom. The molecule has 0 unspecified atom stereocenters. The Morgan fingerprint density at radius 3 is 2.13 bits per heavy atom. The monoisotopic (exact) mass is 303 g/mol. The van der Waals surface area contributed by atoms with E-state index in [1.54, 1.807) is 0 Å². The van der Waals surface area contributed by atoms with Crippen LogP contribution in [-0.4, -0.2) is 27.8 Å². The molecule has 1 aromatic heterocycles. The van der Waals surface area contributed by atoms with Crippen LogP contribution in [0.5, 0.6) is 0 Å². The maximum atomic E-state index is 4.73. The van der Waals surface area contributed by atoms with Gasteiger partial charge in [0.15, 0.2) is 0 Å². The fraction of sp³-hybridized carbons (Fsp3) is 0.250. The Morgan fingerprint density at radius 1 is 0.783 bits per heavy atom. The van der Waals surface area contributed by atoms with Gasteiger partial charge >= 0.3 is 0 Å². The van der Waals surface area contributed by atoms with Crippen LogP contribution in [0.4, 0.5) is 0 Å². The van der Waals surface area contributed by atoms with E-state index in [1.807, 2.05) is 22.9 Å². The van der Waals surface area contributed by atoms with Crippen LogP contribution in [0.1, 0.15) is 16.8 Å². The Balaban J connectivity index is 1.44. The minimum absolute atomic E-state index is 0.924. The van der Waals surface area contributed by atoms with Crippen LogP contribution in [0, 0.1) is 0 Å². The number of nitrogens with zero attached hydrogens (tertiary/aromatic N) is 3. The second-order valence-corrected chi connectivity index (χ2v) is 6.13. The smallest absolute Gasteiger partial charge is 0.0769 e. The second-order valence-electron chi connectivity index (χ2n) is 6.13. The largest absolute Gasteiger partial charge is 0.297 e. The zero-order chi connectivity index (χ0) is 15.5. The molecule has 3 aromatic rings. The molecule has 116 valence electrons. The molecule has 0 radical (unpaired) electrons. The lowest BCUT2D eigenvalue weighted by Crippen LogP contribution is -2.26. The van der Waals surface area contributed by atoms with Gasteiger partial charge in [0.2, 0.25) is 0 Å². The van der Waals surface area contributed by atoms with Crippen molar-refractivity contribution in [2.24, 2.45) is 0 Å². The van der Waals surface area contributed by atoms with Crippen LogP contribution < -0.4 is 0 Å². The Labute approximate surface area is 137 Å². The van der Waals surface area contributed by atoms with Crippen molar-refractivity contribution >= 4 is 0 Å². The first kappa shape index (κ1) is 14.2. The summed E-state index contributed by atoms with van der Waals surface area (Å²) in [6, 6.07) is 21.2. The van der Waals surface area contributed by atoms with Gasteiger partial charge in [0.1, 0.15) is 0 Å². The normalized spacial score (nSPS) is 15.1. The average molecular weight is 303 g/mol. The van der Waals surface area contributed by atoms with E-state index in [2.05, 4.69) is 53.6 Å². The summed E-state index contributed by atoms with van der Waals surface area (Å²) in [4.78, 5) is 2.51. The van der Waals surface area contributed by atoms with E-state index >= 15 is 0 Å². The summed E-state index contributed by atoms with van der Waals surface area (Å²) in [6.45, 7) is 3.14. The molecule has 2 aromatic carbocycles. The highest BCUT2D eigenvalue weighted by Gasteiger charge is 2.14. The van der Waals surface area contributed by atoms with E-state index in [0.29, 0.717) is 0 Å². The molecule has 0 atom stereocenters. The molecule has 0 fully saturated rings. The van der Waals surface area contributed by atoms with Gasteiger partial charge in [-0.05, 0) is 42.2 Å². The van der Waals surface area contributed by atoms with Gasteiger partial charge in [-0.2, -0.15) is 5.10 Å². The standard InChI is InChI=1S/C20H21N3/c1-2-8-20(9-3-1)23-15-12-19(21-23)16-22-13-10-17-6-4-5-7-18(17)11-14-22/h1-9,12,15H,10-11,13-14,16H2. The summed E-state index contributed by atoms with van der Waals surface area (Å²) < 4.78 is 1.96. The lowest BCUT2D eigenvalue weighted by molar-refractivity contribution is 0.275. The Kier molecular flexibility index (Phi) is 3.95. The molecular weight excluding hydrogens is 282 g/mol. The molecule has 0 bridgehead atoms. The van der Waals surface area contributed by atoms with Gasteiger partial charge in [-0.25, -0.2) is 4.68 Å². The third kappa shape index (κ3) is 3.20. The van der Waals surface area contributed by atoms with Gasteiger partial charge in [-0.15, -0.1) is 0 Å². The van der Waals surface area contributed by atoms with Crippen LogP contribution in [0.3, 0.4) is 0 Å². The number of rotatable bonds is 3. The molecule has 0 amide bonds. The highest BCUT2D eigenvalue weighted by Crippen LogP contribution is 2.17. The minimum atomic E-state index is 0.924. The summed E-state index contributed by atoms with van der Waals surface area (Å²) in [7, 11) is 0. The van der Waals surface area contributed by atoms with Crippen molar-refractivity contribution in [1.29, 1.82) is 0 Å². The molecule has 2 heterocycles. The van der Waals surface area contributed by atoms with E-state index in [4.69, 9.17) is 5.10 Å². The SMILES string of the molecule is c1ccc(-n2ccc(CN3CCc4ccccc4CC3)n2)cc1. The van der Waals surface area contributed by atoms with Gasteiger partial charge in [-0.3, -0.25) is 4.90 Å². The topological polar surface area (TPSA) is 21.1 Å². The fourth-order valence-electron chi connectivity index (χ4n) is 3.27. The number of para-hydroxylation sites is 1. The van der Waals surface area contributed by atoms with Crippen molar-refractivity contribution in [3.8, 4) is 5.69 Å². The van der Waals surface area contributed by atoms with Crippen molar-refractivity contribution in [2.45, 2.75) is 19.4 Å². The summed E-state index contributed by atoms with van der Waals surface area (Å²) in [5.41, 5.74) is 5.26. The zero-order valence-electron chi connectivity index (χ0n) is 13.2. The summed E-state index contributed by atoms with van der Waals surface area (Å²) in [5.74, 6) is 0. The maximum absolute atomic E-state index is 4.73. The van der Waals surface area contributed by atoms with Gasteiger partial charge < -0.3 is 0 Å². The van der Waals surface area contributed by atoms with Crippen LogP contribution in [0.2, 0.25) is 0 Å². The van der Waals surface area contributed by atoms with Crippen LogP contribution in [-0.2, 0) is 19.4 Å². The van der Waals surface area contributed by atoms with E-state index in [0.717, 1.165) is 43.9 Å². The fourth-order valence-corrected chi connectivity index (χ4v) is 3.27. The molecule has 0 N–H and O–H groups in total. The quantitative estimate of drug-likeness (QED) is 0.739. The van der Waals surface area contributed by atoms with Crippen molar-refractivity contribution < 1.29 is 0 Å². The predicted molar refractivity (Wildman–Crippen MR) is 92.7 cm³/mol. The first-order chi connectivity index (χ1) is 11.4. The molecule has 3 nitrogen and oxygen atoms in total. The molecule has 0 saturated heterocycles. The molecule has 0 spiro atoms. The third-order valence-corrected chi connectivity index (χ3v) is 4.56. The molecule has 4 rings (SSSR count). The maximum Gasteiger partial charge on any atom is 0.0769 e. The van der Waals surface area contributed by atoms with Crippen molar-refractivity contribution in [3.63, 3.8) is 0 Å². The zero-order valence-corrected chi connectivity index (χ0v) is 13.2. The highest BCUT2D eigenvalue weighted by molar-refractivity contribution is 5.31. The molecular formula is C20H21N3. The van der Waals surface area contributed by atoms with Crippen LogP contribution in [0.15, 0.2) is 66.9 Å².